The van der Waals surface area contributed by atoms with Crippen molar-refractivity contribution in [3.05, 3.63) is 12.2 Å². The van der Waals surface area contributed by atoms with E-state index in [2.05, 4.69) is 60.6 Å². The van der Waals surface area contributed by atoms with Gasteiger partial charge in [-0.15, -0.1) is 0 Å². The first-order valence-electron chi connectivity index (χ1n) is 14.8. The van der Waals surface area contributed by atoms with E-state index >= 15 is 0 Å². The molecule has 200 valence electrons. The fourth-order valence-electron chi connectivity index (χ4n) is 11.8. The normalized spacial score (nSPS) is 56.5. The van der Waals surface area contributed by atoms with E-state index in [1.165, 1.54) is 0 Å². The molecule has 0 radical (unpaired) electrons. The van der Waals surface area contributed by atoms with Crippen LogP contribution in [0.1, 0.15) is 107 Å². The molecule has 4 heteroatoms. The molecule has 1 heterocycles. The molecule has 5 aliphatic carbocycles. The zero-order chi connectivity index (χ0) is 26.1. The van der Waals surface area contributed by atoms with Gasteiger partial charge in [-0.05, 0) is 91.9 Å². The molecule has 2 bridgehead atoms. The molecule has 0 aromatic heterocycles. The molecule has 5 fully saturated rings. The Hall–Kier alpha value is -1.32. The fraction of sp³-hybridized carbons (Fsp3) is 0.875. The third kappa shape index (κ3) is 2.58. The highest BCUT2D eigenvalue weighted by atomic mass is 16.6. The Morgan fingerprint density at radius 2 is 1.69 bits per heavy atom. The Kier molecular flexibility index (Phi) is 5.00. The number of esters is 2. The van der Waals surface area contributed by atoms with Crippen LogP contribution in [-0.2, 0) is 19.1 Å². The molecule has 1 spiro atoms. The third-order valence-electron chi connectivity index (χ3n) is 14.1. The number of rotatable bonds is 1. The molecule has 0 aromatic carbocycles. The van der Waals surface area contributed by atoms with Crippen LogP contribution in [0, 0.1) is 56.7 Å². The lowest BCUT2D eigenvalue weighted by atomic mass is 9.32. The molecule has 1 saturated heterocycles. The second-order valence-electron chi connectivity index (χ2n) is 15.3. The van der Waals surface area contributed by atoms with E-state index in [4.69, 9.17) is 9.47 Å². The summed E-state index contributed by atoms with van der Waals surface area (Å²) in [7, 11) is 0. The first-order chi connectivity index (χ1) is 16.7. The summed E-state index contributed by atoms with van der Waals surface area (Å²) in [6.45, 7) is 18.6. The fourth-order valence-corrected chi connectivity index (χ4v) is 11.8. The van der Waals surface area contributed by atoms with Gasteiger partial charge in [-0.3, -0.25) is 9.59 Å². The van der Waals surface area contributed by atoms with Crippen molar-refractivity contribution in [2.45, 2.75) is 118 Å². The third-order valence-corrected chi connectivity index (χ3v) is 14.1. The molecule has 0 amide bonds. The average Bonchev–Trinajstić information content (AvgIpc) is 2.99. The first-order valence-corrected chi connectivity index (χ1v) is 14.8. The van der Waals surface area contributed by atoms with Gasteiger partial charge in [-0.2, -0.15) is 0 Å². The topological polar surface area (TPSA) is 52.6 Å². The van der Waals surface area contributed by atoms with Crippen LogP contribution < -0.4 is 0 Å². The van der Waals surface area contributed by atoms with Crippen molar-refractivity contribution in [3.63, 3.8) is 0 Å². The van der Waals surface area contributed by atoms with E-state index in [9.17, 15) is 9.59 Å². The van der Waals surface area contributed by atoms with Gasteiger partial charge in [0.1, 0.15) is 11.7 Å². The molecular formula is C32H48O4. The van der Waals surface area contributed by atoms with Gasteiger partial charge in [0, 0.05) is 23.7 Å². The van der Waals surface area contributed by atoms with E-state index < -0.39 is 5.60 Å². The smallest absolute Gasteiger partial charge is 0.313 e. The quantitative estimate of drug-likeness (QED) is 0.287. The summed E-state index contributed by atoms with van der Waals surface area (Å²) in [5.74, 6) is 2.27. The molecule has 6 rings (SSSR count). The highest BCUT2D eigenvalue weighted by Crippen LogP contribution is 2.79. The van der Waals surface area contributed by atoms with Crippen molar-refractivity contribution < 1.29 is 19.1 Å². The standard InChI is InChI=1S/C32H48O4/c1-19-9-15-31-18-17-30(8)29(7)14-10-22-27(4,5)24(35-21(3)33)12-13-28(22,6)23(29)11-16-32(30,36-26(31)34)25(31)20(19)2/h11,16,19-20,22-25H,9-10,12-15,17-18H2,1-8H3/t19-,20+,22?,23-,24?,25-,28+,29-,30+,31+,32?/m0/s1. The summed E-state index contributed by atoms with van der Waals surface area (Å²) in [6, 6.07) is 0. The number of carbonyl (C=O) groups excluding carboxylic acids is 2. The van der Waals surface area contributed by atoms with Crippen molar-refractivity contribution in [2.75, 3.05) is 0 Å². The Labute approximate surface area is 218 Å². The summed E-state index contributed by atoms with van der Waals surface area (Å²) in [6.07, 6.45) is 13.4. The van der Waals surface area contributed by atoms with Gasteiger partial charge < -0.3 is 9.47 Å². The zero-order valence-corrected chi connectivity index (χ0v) is 23.9. The SMILES string of the molecule is CC(=O)OC1CC[C@]2(C)C(CC[C@@]3(C)[C@H]2C=CC24OC(=O)[C@]5(CC[C@H](C)[C@@H](C)[C@H]25)CC[C@@]43C)C1(C)C. The number of ether oxygens (including phenoxy) is 2. The number of allylic oxidation sites excluding steroid dienone is 1. The summed E-state index contributed by atoms with van der Waals surface area (Å²) in [5.41, 5.74) is -0.681. The van der Waals surface area contributed by atoms with Crippen LogP contribution >= 0.6 is 0 Å². The van der Waals surface area contributed by atoms with Crippen LogP contribution in [0.15, 0.2) is 12.2 Å². The molecule has 3 unspecified atom stereocenters. The van der Waals surface area contributed by atoms with Crippen molar-refractivity contribution in [3.8, 4) is 0 Å². The predicted molar refractivity (Wildman–Crippen MR) is 140 cm³/mol. The highest BCUT2D eigenvalue weighted by molar-refractivity contribution is 5.82. The van der Waals surface area contributed by atoms with Gasteiger partial charge in [0.25, 0.3) is 0 Å². The first kappa shape index (κ1) is 25.0. The lowest BCUT2D eigenvalue weighted by Gasteiger charge is -2.72. The van der Waals surface area contributed by atoms with Gasteiger partial charge in [-0.25, -0.2) is 0 Å². The minimum Gasteiger partial charge on any atom is -0.462 e. The van der Waals surface area contributed by atoms with E-state index in [0.29, 0.717) is 23.7 Å². The molecule has 1 aliphatic heterocycles. The minimum atomic E-state index is -0.477. The van der Waals surface area contributed by atoms with Crippen molar-refractivity contribution in [1.82, 2.24) is 0 Å². The molecular weight excluding hydrogens is 448 g/mol. The molecule has 11 atom stereocenters. The maximum Gasteiger partial charge on any atom is 0.313 e. The molecule has 0 aromatic rings. The van der Waals surface area contributed by atoms with Crippen molar-refractivity contribution in [1.29, 1.82) is 0 Å². The molecule has 4 nitrogen and oxygen atoms in total. The van der Waals surface area contributed by atoms with E-state index in [1.807, 2.05) is 0 Å². The van der Waals surface area contributed by atoms with Gasteiger partial charge in [0.2, 0.25) is 0 Å². The Balaban J connectivity index is 1.46. The average molecular weight is 497 g/mol. The van der Waals surface area contributed by atoms with E-state index in [1.54, 1.807) is 6.92 Å². The van der Waals surface area contributed by atoms with Crippen LogP contribution in [0.5, 0.6) is 0 Å². The molecule has 4 saturated carbocycles. The predicted octanol–water partition coefficient (Wildman–Crippen LogP) is 7.11. The van der Waals surface area contributed by atoms with E-state index in [0.717, 1.165) is 51.4 Å². The van der Waals surface area contributed by atoms with Crippen LogP contribution in [0.3, 0.4) is 0 Å². The van der Waals surface area contributed by atoms with Gasteiger partial charge >= 0.3 is 11.9 Å². The largest absolute Gasteiger partial charge is 0.462 e. The lowest BCUT2D eigenvalue weighted by Crippen LogP contribution is -2.71. The van der Waals surface area contributed by atoms with Crippen molar-refractivity contribution >= 4 is 11.9 Å². The van der Waals surface area contributed by atoms with Gasteiger partial charge in [0.15, 0.2) is 0 Å². The minimum absolute atomic E-state index is 0.0115. The van der Waals surface area contributed by atoms with Crippen molar-refractivity contribution in [2.24, 2.45) is 56.7 Å². The maximum absolute atomic E-state index is 13.7. The number of hydrogen-bond acceptors (Lipinski definition) is 4. The second-order valence-corrected chi connectivity index (χ2v) is 15.3. The number of fused-ring (bicyclic) bond motifs is 4. The number of hydrogen-bond donors (Lipinski definition) is 0. The van der Waals surface area contributed by atoms with Gasteiger partial charge in [0.05, 0.1) is 5.41 Å². The highest BCUT2D eigenvalue weighted by Gasteiger charge is 2.80. The van der Waals surface area contributed by atoms with Crippen LogP contribution in [-0.4, -0.2) is 23.6 Å². The Morgan fingerprint density at radius 3 is 2.39 bits per heavy atom. The molecule has 36 heavy (non-hydrogen) atoms. The summed E-state index contributed by atoms with van der Waals surface area (Å²) < 4.78 is 12.6. The van der Waals surface area contributed by atoms with Crippen LogP contribution in [0.25, 0.3) is 0 Å². The number of carbonyl (C=O) groups is 2. The maximum atomic E-state index is 13.7. The van der Waals surface area contributed by atoms with Gasteiger partial charge in [-0.1, -0.05) is 54.5 Å². The lowest BCUT2D eigenvalue weighted by molar-refractivity contribution is -0.247. The monoisotopic (exact) mass is 496 g/mol. The molecule has 6 aliphatic rings. The summed E-state index contributed by atoms with van der Waals surface area (Å²) >= 11 is 0. The Bertz CT molecular complexity index is 1030. The van der Waals surface area contributed by atoms with E-state index in [-0.39, 0.29) is 51.0 Å². The Morgan fingerprint density at radius 1 is 0.972 bits per heavy atom. The zero-order valence-electron chi connectivity index (χ0n) is 23.9. The summed E-state index contributed by atoms with van der Waals surface area (Å²) in [5, 5.41) is 0. The second kappa shape index (κ2) is 7.20. The molecule has 0 N–H and O–H groups in total. The van der Waals surface area contributed by atoms with Crippen LogP contribution in [0.2, 0.25) is 0 Å². The summed E-state index contributed by atoms with van der Waals surface area (Å²) in [4.78, 5) is 25.6. The van der Waals surface area contributed by atoms with Crippen LogP contribution in [0.4, 0.5) is 0 Å².